The smallest absolute Gasteiger partial charge is 0.326 e. The van der Waals surface area contributed by atoms with Crippen molar-refractivity contribution >= 4 is 23.6 Å². The average Bonchev–Trinajstić information content (AvgIpc) is 2.30. The number of carboxylic acids is 1. The van der Waals surface area contributed by atoms with Crippen molar-refractivity contribution in [3.05, 3.63) is 0 Å². The molecule has 0 saturated heterocycles. The number of amides is 1. The summed E-state index contributed by atoms with van der Waals surface area (Å²) >= 11 is 1.61. The maximum atomic E-state index is 11.6. The van der Waals surface area contributed by atoms with Crippen LogP contribution in [0.1, 0.15) is 32.6 Å². The van der Waals surface area contributed by atoms with Crippen LogP contribution in [0.25, 0.3) is 0 Å². The lowest BCUT2D eigenvalue weighted by molar-refractivity contribution is -0.142. The number of carboxylic acid groups (broad SMARTS) is 1. The second-order valence-corrected chi connectivity index (χ2v) is 4.92. The third-order valence-corrected chi connectivity index (χ3v) is 3.07. The van der Waals surface area contributed by atoms with E-state index in [2.05, 4.69) is 5.32 Å². The lowest BCUT2D eigenvalue weighted by Gasteiger charge is -2.17. The summed E-state index contributed by atoms with van der Waals surface area (Å²) in [6.45, 7) is 1.98. The molecular formula is C11H22N2O3S. The number of hydrogen-bond acceptors (Lipinski definition) is 4. The van der Waals surface area contributed by atoms with Crippen LogP contribution in [0.3, 0.4) is 0 Å². The predicted octanol–water partition coefficient (Wildman–Crippen LogP) is 0.826. The first-order chi connectivity index (χ1) is 8.02. The van der Waals surface area contributed by atoms with E-state index in [0.717, 1.165) is 18.6 Å². The van der Waals surface area contributed by atoms with Gasteiger partial charge in [-0.25, -0.2) is 4.79 Å². The molecule has 0 heterocycles. The van der Waals surface area contributed by atoms with E-state index in [1.165, 1.54) is 0 Å². The third-order valence-electron chi connectivity index (χ3n) is 2.43. The Morgan fingerprint density at radius 2 is 2.06 bits per heavy atom. The van der Waals surface area contributed by atoms with Gasteiger partial charge < -0.3 is 16.2 Å². The highest BCUT2D eigenvalue weighted by Gasteiger charge is 2.22. The van der Waals surface area contributed by atoms with E-state index in [9.17, 15) is 9.59 Å². The molecule has 0 radical (unpaired) electrons. The lowest BCUT2D eigenvalue weighted by Crippen LogP contribution is -2.48. The summed E-state index contributed by atoms with van der Waals surface area (Å²) < 4.78 is 0. The maximum Gasteiger partial charge on any atom is 0.326 e. The van der Waals surface area contributed by atoms with Gasteiger partial charge in [-0.05, 0) is 24.9 Å². The van der Waals surface area contributed by atoms with Crippen molar-refractivity contribution < 1.29 is 14.7 Å². The molecule has 17 heavy (non-hydrogen) atoms. The van der Waals surface area contributed by atoms with E-state index in [1.807, 2.05) is 13.2 Å². The van der Waals surface area contributed by atoms with Gasteiger partial charge in [0, 0.05) is 0 Å². The molecular weight excluding hydrogens is 240 g/mol. The van der Waals surface area contributed by atoms with Crippen molar-refractivity contribution in [3.63, 3.8) is 0 Å². The lowest BCUT2D eigenvalue weighted by atomic mass is 10.1. The molecule has 0 rings (SSSR count). The van der Waals surface area contributed by atoms with Crippen molar-refractivity contribution in [2.24, 2.45) is 5.73 Å². The van der Waals surface area contributed by atoms with Crippen LogP contribution in [0, 0.1) is 0 Å². The van der Waals surface area contributed by atoms with E-state index in [-0.39, 0.29) is 5.91 Å². The largest absolute Gasteiger partial charge is 0.480 e. The molecule has 0 aliphatic heterocycles. The van der Waals surface area contributed by atoms with Gasteiger partial charge in [0.15, 0.2) is 0 Å². The molecule has 0 unspecified atom stereocenters. The van der Waals surface area contributed by atoms with Gasteiger partial charge in [-0.1, -0.05) is 19.8 Å². The molecule has 0 aromatic heterocycles. The van der Waals surface area contributed by atoms with E-state index in [0.29, 0.717) is 12.8 Å². The molecule has 0 fully saturated rings. The molecule has 0 aliphatic rings. The molecule has 2 atom stereocenters. The number of rotatable bonds is 9. The Morgan fingerprint density at radius 3 is 2.53 bits per heavy atom. The predicted molar refractivity (Wildman–Crippen MR) is 70.1 cm³/mol. The first-order valence-electron chi connectivity index (χ1n) is 5.80. The van der Waals surface area contributed by atoms with Gasteiger partial charge in [-0.3, -0.25) is 4.79 Å². The Morgan fingerprint density at radius 1 is 1.41 bits per heavy atom. The maximum absolute atomic E-state index is 11.6. The molecule has 6 heteroatoms. The number of nitrogens with one attached hydrogen (secondary N) is 1. The molecule has 0 aromatic rings. The van der Waals surface area contributed by atoms with Gasteiger partial charge in [0.25, 0.3) is 0 Å². The SMILES string of the molecule is CCCC[C@H](NC(=O)[C@@H](N)CCSC)C(=O)O. The second-order valence-electron chi connectivity index (χ2n) is 3.93. The minimum Gasteiger partial charge on any atom is -0.480 e. The fourth-order valence-electron chi connectivity index (χ4n) is 1.32. The molecule has 0 spiro atoms. The van der Waals surface area contributed by atoms with Crippen molar-refractivity contribution in [2.45, 2.75) is 44.7 Å². The quantitative estimate of drug-likeness (QED) is 0.572. The highest BCUT2D eigenvalue weighted by Crippen LogP contribution is 2.03. The van der Waals surface area contributed by atoms with Gasteiger partial charge in [-0.2, -0.15) is 11.8 Å². The Labute approximate surface area is 107 Å². The molecule has 0 saturated carbocycles. The minimum absolute atomic E-state index is 0.373. The third kappa shape index (κ3) is 7.23. The van der Waals surface area contributed by atoms with Crippen LogP contribution in [0.5, 0.6) is 0 Å². The molecule has 0 aliphatic carbocycles. The molecule has 0 aromatic carbocycles. The van der Waals surface area contributed by atoms with Gasteiger partial charge in [-0.15, -0.1) is 0 Å². The zero-order chi connectivity index (χ0) is 13.3. The van der Waals surface area contributed by atoms with Crippen molar-refractivity contribution in [2.75, 3.05) is 12.0 Å². The number of hydrogen-bond donors (Lipinski definition) is 3. The van der Waals surface area contributed by atoms with Crippen molar-refractivity contribution in [1.29, 1.82) is 0 Å². The van der Waals surface area contributed by atoms with Gasteiger partial charge in [0.2, 0.25) is 5.91 Å². The zero-order valence-corrected chi connectivity index (χ0v) is 11.3. The van der Waals surface area contributed by atoms with Gasteiger partial charge >= 0.3 is 5.97 Å². The first kappa shape index (κ1) is 16.2. The summed E-state index contributed by atoms with van der Waals surface area (Å²) in [5, 5.41) is 11.4. The summed E-state index contributed by atoms with van der Waals surface area (Å²) in [4.78, 5) is 22.5. The molecule has 100 valence electrons. The van der Waals surface area contributed by atoms with Crippen molar-refractivity contribution in [1.82, 2.24) is 5.32 Å². The Balaban J connectivity index is 4.15. The van der Waals surface area contributed by atoms with Gasteiger partial charge in [0.05, 0.1) is 6.04 Å². The molecule has 0 bridgehead atoms. The van der Waals surface area contributed by atoms with Crippen LogP contribution in [-0.2, 0) is 9.59 Å². The summed E-state index contributed by atoms with van der Waals surface area (Å²) in [6, 6.07) is -1.44. The number of carbonyl (C=O) groups is 2. The number of carbonyl (C=O) groups excluding carboxylic acids is 1. The summed E-state index contributed by atoms with van der Waals surface area (Å²) in [6.07, 6.45) is 4.63. The van der Waals surface area contributed by atoms with Crippen molar-refractivity contribution in [3.8, 4) is 0 Å². The number of nitrogens with two attached hydrogens (primary N) is 1. The second kappa shape index (κ2) is 9.30. The fourth-order valence-corrected chi connectivity index (χ4v) is 1.81. The molecule has 5 nitrogen and oxygen atoms in total. The van der Waals surface area contributed by atoms with E-state index in [4.69, 9.17) is 10.8 Å². The Bertz CT molecular complexity index is 249. The van der Waals surface area contributed by atoms with Crippen LogP contribution in [0.15, 0.2) is 0 Å². The number of thioether (sulfide) groups is 1. The van der Waals surface area contributed by atoms with Crippen LogP contribution >= 0.6 is 11.8 Å². The van der Waals surface area contributed by atoms with E-state index in [1.54, 1.807) is 11.8 Å². The Hall–Kier alpha value is -0.750. The Kier molecular flexibility index (Phi) is 8.89. The van der Waals surface area contributed by atoms with Crippen LogP contribution < -0.4 is 11.1 Å². The summed E-state index contributed by atoms with van der Waals surface area (Å²) in [5.74, 6) is -0.576. The fraction of sp³-hybridized carbons (Fsp3) is 0.818. The normalized spacial score (nSPS) is 14.1. The first-order valence-corrected chi connectivity index (χ1v) is 7.20. The molecule has 1 amide bonds. The molecule has 4 N–H and O–H groups in total. The summed E-state index contributed by atoms with van der Waals surface area (Å²) in [7, 11) is 0. The topological polar surface area (TPSA) is 92.4 Å². The monoisotopic (exact) mass is 262 g/mol. The summed E-state index contributed by atoms with van der Waals surface area (Å²) in [5.41, 5.74) is 5.66. The number of unbranched alkanes of at least 4 members (excludes halogenated alkanes) is 1. The highest BCUT2D eigenvalue weighted by molar-refractivity contribution is 7.98. The van der Waals surface area contributed by atoms with E-state index >= 15 is 0 Å². The van der Waals surface area contributed by atoms with Crippen LogP contribution in [0.2, 0.25) is 0 Å². The average molecular weight is 262 g/mol. The van der Waals surface area contributed by atoms with Gasteiger partial charge in [0.1, 0.15) is 6.04 Å². The van der Waals surface area contributed by atoms with Crippen LogP contribution in [0.4, 0.5) is 0 Å². The van der Waals surface area contributed by atoms with E-state index < -0.39 is 18.1 Å². The zero-order valence-electron chi connectivity index (χ0n) is 10.4. The number of aliphatic carboxylic acids is 1. The highest BCUT2D eigenvalue weighted by atomic mass is 32.2. The van der Waals surface area contributed by atoms with Crippen LogP contribution in [-0.4, -0.2) is 41.1 Å². The standard InChI is InChI=1S/C11H22N2O3S/c1-3-4-5-9(11(15)16)13-10(14)8(12)6-7-17-2/h8-9H,3-7,12H2,1-2H3,(H,13,14)(H,15,16)/t8-,9-/m0/s1. The minimum atomic E-state index is -0.996.